The Hall–Kier alpha value is -3.83. The highest BCUT2D eigenvalue weighted by molar-refractivity contribution is 7.98. The molecular formula is C22H18N6OS. The lowest BCUT2D eigenvalue weighted by molar-refractivity contribution is 0.461. The predicted octanol–water partition coefficient (Wildman–Crippen LogP) is 4.61. The number of ether oxygens (including phenoxy) is 1. The summed E-state index contributed by atoms with van der Waals surface area (Å²) in [6, 6.07) is 21.0. The maximum Gasteiger partial charge on any atom is 0.225 e. The van der Waals surface area contributed by atoms with Gasteiger partial charge >= 0.3 is 0 Å². The fraction of sp³-hybridized carbons (Fsp3) is 0.0909. The van der Waals surface area contributed by atoms with E-state index in [-0.39, 0.29) is 5.82 Å². The SMILES string of the molecule is CSc1nn(-c2cc(Oc3ccc(C)cc3)nc(-c3ccccc3)n2)c(N)c1C#N. The maximum absolute atomic E-state index is 9.44. The van der Waals surface area contributed by atoms with Crippen molar-refractivity contribution in [3.05, 3.63) is 71.8 Å². The fourth-order valence-electron chi connectivity index (χ4n) is 2.85. The Labute approximate surface area is 178 Å². The Morgan fingerprint density at radius 2 is 1.80 bits per heavy atom. The first-order valence-electron chi connectivity index (χ1n) is 9.11. The molecule has 7 nitrogen and oxygen atoms in total. The van der Waals surface area contributed by atoms with E-state index in [2.05, 4.69) is 21.1 Å². The number of anilines is 1. The number of aryl methyl sites for hydroxylation is 1. The number of nitrogen functional groups attached to an aromatic ring is 1. The van der Waals surface area contributed by atoms with Crippen LogP contribution in [-0.2, 0) is 0 Å². The average Bonchev–Trinajstić information content (AvgIpc) is 3.11. The molecule has 4 rings (SSSR count). The van der Waals surface area contributed by atoms with Crippen LogP contribution in [0, 0.1) is 18.3 Å². The number of thioether (sulfide) groups is 1. The molecule has 0 atom stereocenters. The van der Waals surface area contributed by atoms with Crippen molar-refractivity contribution in [3.8, 4) is 34.9 Å². The maximum atomic E-state index is 9.44. The molecule has 2 aromatic carbocycles. The highest BCUT2D eigenvalue weighted by atomic mass is 32.2. The molecule has 2 heterocycles. The normalized spacial score (nSPS) is 10.6. The third-order valence-electron chi connectivity index (χ3n) is 4.38. The zero-order chi connectivity index (χ0) is 21.1. The van der Waals surface area contributed by atoms with E-state index in [0.717, 1.165) is 11.1 Å². The molecule has 0 bridgehead atoms. The second-order valence-electron chi connectivity index (χ2n) is 6.46. The molecule has 0 saturated carbocycles. The molecule has 0 aliphatic carbocycles. The lowest BCUT2D eigenvalue weighted by Crippen LogP contribution is -2.07. The zero-order valence-corrected chi connectivity index (χ0v) is 17.2. The minimum Gasteiger partial charge on any atom is -0.439 e. The van der Waals surface area contributed by atoms with Gasteiger partial charge in [-0.15, -0.1) is 11.8 Å². The summed E-state index contributed by atoms with van der Waals surface area (Å²) in [6.45, 7) is 2.01. The molecule has 0 aliphatic rings. The first-order chi connectivity index (χ1) is 14.6. The van der Waals surface area contributed by atoms with Crippen molar-refractivity contribution < 1.29 is 4.74 Å². The monoisotopic (exact) mass is 414 g/mol. The second-order valence-corrected chi connectivity index (χ2v) is 7.26. The van der Waals surface area contributed by atoms with Crippen molar-refractivity contribution in [2.24, 2.45) is 0 Å². The van der Waals surface area contributed by atoms with Crippen LogP contribution < -0.4 is 10.5 Å². The van der Waals surface area contributed by atoms with E-state index in [0.29, 0.717) is 33.9 Å². The van der Waals surface area contributed by atoms with Crippen LogP contribution in [0.2, 0.25) is 0 Å². The fourth-order valence-corrected chi connectivity index (χ4v) is 3.37. The predicted molar refractivity (Wildman–Crippen MR) is 117 cm³/mol. The molecule has 4 aromatic rings. The average molecular weight is 414 g/mol. The van der Waals surface area contributed by atoms with Crippen molar-refractivity contribution in [1.82, 2.24) is 19.7 Å². The van der Waals surface area contributed by atoms with Crippen LogP contribution in [0.3, 0.4) is 0 Å². The van der Waals surface area contributed by atoms with Crippen LogP contribution in [-0.4, -0.2) is 26.0 Å². The van der Waals surface area contributed by atoms with Gasteiger partial charge in [0.1, 0.15) is 28.2 Å². The number of aromatic nitrogens is 4. The molecule has 30 heavy (non-hydrogen) atoms. The van der Waals surface area contributed by atoms with Gasteiger partial charge in [-0.25, -0.2) is 4.98 Å². The minimum atomic E-state index is 0.223. The third kappa shape index (κ3) is 3.83. The number of hydrogen-bond donors (Lipinski definition) is 1. The van der Waals surface area contributed by atoms with E-state index < -0.39 is 0 Å². The molecular weight excluding hydrogens is 396 g/mol. The zero-order valence-electron chi connectivity index (χ0n) is 16.4. The van der Waals surface area contributed by atoms with Gasteiger partial charge in [-0.05, 0) is 25.3 Å². The molecule has 0 fully saturated rings. The van der Waals surface area contributed by atoms with Gasteiger partial charge in [0.05, 0.1) is 0 Å². The molecule has 0 amide bonds. The number of nitrogens with zero attached hydrogens (tertiary/aromatic N) is 5. The molecule has 2 aromatic heterocycles. The lowest BCUT2D eigenvalue weighted by Gasteiger charge is -2.10. The van der Waals surface area contributed by atoms with Crippen LogP contribution in [0.5, 0.6) is 11.6 Å². The number of rotatable bonds is 5. The molecule has 8 heteroatoms. The van der Waals surface area contributed by atoms with E-state index in [1.54, 1.807) is 6.07 Å². The van der Waals surface area contributed by atoms with E-state index >= 15 is 0 Å². The van der Waals surface area contributed by atoms with Crippen LogP contribution in [0.15, 0.2) is 65.7 Å². The van der Waals surface area contributed by atoms with Crippen molar-refractivity contribution in [3.63, 3.8) is 0 Å². The second kappa shape index (κ2) is 8.27. The smallest absolute Gasteiger partial charge is 0.225 e. The molecule has 0 aliphatic heterocycles. The standard InChI is InChI=1S/C22H18N6OS/c1-14-8-10-16(11-9-14)29-19-12-18(25-21(26-19)15-6-4-3-5-7-15)28-20(24)17(13-23)22(27-28)30-2/h3-12H,24H2,1-2H3. The summed E-state index contributed by atoms with van der Waals surface area (Å²) in [4.78, 5) is 9.18. The van der Waals surface area contributed by atoms with Crippen molar-refractivity contribution in [2.45, 2.75) is 11.9 Å². The van der Waals surface area contributed by atoms with E-state index in [1.807, 2.05) is 67.8 Å². The largest absolute Gasteiger partial charge is 0.439 e. The van der Waals surface area contributed by atoms with Gasteiger partial charge in [-0.3, -0.25) is 0 Å². The Morgan fingerprint density at radius 1 is 1.07 bits per heavy atom. The summed E-state index contributed by atoms with van der Waals surface area (Å²) in [7, 11) is 0. The lowest BCUT2D eigenvalue weighted by atomic mass is 10.2. The van der Waals surface area contributed by atoms with Crippen LogP contribution in [0.25, 0.3) is 17.2 Å². The Bertz CT molecular complexity index is 1230. The highest BCUT2D eigenvalue weighted by Gasteiger charge is 2.19. The first-order valence-corrected chi connectivity index (χ1v) is 10.3. The van der Waals surface area contributed by atoms with Crippen molar-refractivity contribution in [1.29, 1.82) is 5.26 Å². The summed E-state index contributed by atoms with van der Waals surface area (Å²) >= 11 is 1.35. The van der Waals surface area contributed by atoms with Crippen LogP contribution >= 0.6 is 11.8 Å². The Kier molecular flexibility index (Phi) is 5.37. The van der Waals surface area contributed by atoms with E-state index in [4.69, 9.17) is 10.5 Å². The Morgan fingerprint density at radius 3 is 2.43 bits per heavy atom. The van der Waals surface area contributed by atoms with Crippen molar-refractivity contribution in [2.75, 3.05) is 12.0 Å². The van der Waals surface area contributed by atoms with E-state index in [1.165, 1.54) is 16.4 Å². The van der Waals surface area contributed by atoms with Crippen LogP contribution in [0.1, 0.15) is 11.1 Å². The highest BCUT2D eigenvalue weighted by Crippen LogP contribution is 2.29. The van der Waals surface area contributed by atoms with Crippen LogP contribution in [0.4, 0.5) is 5.82 Å². The van der Waals surface area contributed by atoms with Gasteiger partial charge in [0.15, 0.2) is 11.6 Å². The number of nitrogens with two attached hydrogens (primary N) is 1. The van der Waals surface area contributed by atoms with E-state index in [9.17, 15) is 5.26 Å². The number of hydrogen-bond acceptors (Lipinski definition) is 7. The number of nitriles is 1. The topological polar surface area (TPSA) is 103 Å². The summed E-state index contributed by atoms with van der Waals surface area (Å²) in [5.41, 5.74) is 8.47. The molecule has 0 spiro atoms. The summed E-state index contributed by atoms with van der Waals surface area (Å²) in [5.74, 6) is 2.11. The van der Waals surface area contributed by atoms with Gasteiger partial charge in [-0.2, -0.15) is 20.0 Å². The van der Waals surface area contributed by atoms with Gasteiger partial charge in [0.2, 0.25) is 5.88 Å². The van der Waals surface area contributed by atoms with Crippen molar-refractivity contribution >= 4 is 17.6 Å². The quantitative estimate of drug-likeness (QED) is 0.476. The molecule has 148 valence electrons. The third-order valence-corrected chi connectivity index (χ3v) is 5.05. The summed E-state index contributed by atoms with van der Waals surface area (Å²) < 4.78 is 7.43. The summed E-state index contributed by atoms with van der Waals surface area (Å²) in [6.07, 6.45) is 1.84. The van der Waals surface area contributed by atoms with Gasteiger partial charge in [0, 0.05) is 11.6 Å². The minimum absolute atomic E-state index is 0.223. The molecule has 2 N–H and O–H groups in total. The number of benzene rings is 2. The van der Waals surface area contributed by atoms with Gasteiger partial charge in [0.25, 0.3) is 0 Å². The first kappa shape index (κ1) is 19.5. The molecule has 0 saturated heterocycles. The molecule has 0 unspecified atom stereocenters. The van der Waals surface area contributed by atoms with Gasteiger partial charge in [-0.1, -0.05) is 48.0 Å². The molecule has 0 radical (unpaired) electrons. The summed E-state index contributed by atoms with van der Waals surface area (Å²) in [5, 5.41) is 14.4. The Balaban J connectivity index is 1.85. The van der Waals surface area contributed by atoms with Gasteiger partial charge < -0.3 is 10.5 Å².